The van der Waals surface area contributed by atoms with E-state index in [-0.39, 0.29) is 0 Å². The number of aromatic nitrogens is 1. The third kappa shape index (κ3) is 2.96. The highest BCUT2D eigenvalue weighted by atomic mass is 16.5. The van der Waals surface area contributed by atoms with Crippen LogP contribution in [0.1, 0.15) is 16.7 Å². The lowest BCUT2D eigenvalue weighted by Gasteiger charge is -2.14. The van der Waals surface area contributed by atoms with Gasteiger partial charge < -0.3 is 15.0 Å². The molecule has 2 N–H and O–H groups in total. The number of ether oxygens (including phenoxy) is 1. The van der Waals surface area contributed by atoms with Crippen LogP contribution in [0.25, 0.3) is 11.3 Å². The van der Waals surface area contributed by atoms with Crippen molar-refractivity contribution in [1.82, 2.24) is 5.16 Å². The molecule has 1 aromatic heterocycles. The van der Waals surface area contributed by atoms with Gasteiger partial charge in [-0.1, -0.05) is 41.6 Å². The van der Waals surface area contributed by atoms with Crippen molar-refractivity contribution in [2.75, 3.05) is 5.73 Å². The molecule has 3 aromatic rings. The van der Waals surface area contributed by atoms with Gasteiger partial charge in [0.25, 0.3) is 0 Å². The van der Waals surface area contributed by atoms with Crippen molar-refractivity contribution in [1.29, 1.82) is 0 Å². The van der Waals surface area contributed by atoms with Gasteiger partial charge in [-0.15, -0.1) is 0 Å². The van der Waals surface area contributed by atoms with Crippen molar-refractivity contribution in [3.05, 3.63) is 65.2 Å². The third-order valence-corrected chi connectivity index (χ3v) is 3.45. The maximum atomic E-state index is 6.05. The molecule has 0 aliphatic carbocycles. The Bertz CT molecular complexity index is 779. The van der Waals surface area contributed by atoms with Crippen LogP contribution in [0.4, 0.5) is 5.88 Å². The van der Waals surface area contributed by atoms with E-state index in [1.807, 2.05) is 50.2 Å². The molecule has 4 heteroatoms. The normalized spacial score (nSPS) is 10.6. The van der Waals surface area contributed by atoms with Crippen molar-refractivity contribution >= 4 is 5.88 Å². The molecule has 0 fully saturated rings. The van der Waals surface area contributed by atoms with Gasteiger partial charge in [-0.05, 0) is 36.6 Å². The van der Waals surface area contributed by atoms with Crippen LogP contribution < -0.4 is 10.5 Å². The standard InChI is InChI=1S/C18H18N2O2/c1-12-8-13(2)18(21-11-14-6-4-3-5-7-14)15(9-12)16-10-17(19)22-20-16/h3-10H,11,19H2,1-2H3. The summed E-state index contributed by atoms with van der Waals surface area (Å²) in [5, 5.41) is 4.00. The maximum absolute atomic E-state index is 6.05. The number of nitrogens with zero attached hydrogens (tertiary/aromatic N) is 1. The summed E-state index contributed by atoms with van der Waals surface area (Å²) < 4.78 is 11.0. The van der Waals surface area contributed by atoms with E-state index in [2.05, 4.69) is 11.2 Å². The molecule has 2 aromatic carbocycles. The summed E-state index contributed by atoms with van der Waals surface area (Å²) in [7, 11) is 0. The van der Waals surface area contributed by atoms with Crippen LogP contribution in [-0.4, -0.2) is 5.16 Å². The Morgan fingerprint density at radius 2 is 1.86 bits per heavy atom. The lowest BCUT2D eigenvalue weighted by atomic mass is 10.0. The number of anilines is 1. The first-order valence-corrected chi connectivity index (χ1v) is 7.14. The highest BCUT2D eigenvalue weighted by Gasteiger charge is 2.14. The molecular formula is C18H18N2O2. The Morgan fingerprint density at radius 3 is 2.55 bits per heavy atom. The van der Waals surface area contributed by atoms with Crippen molar-refractivity contribution < 1.29 is 9.26 Å². The minimum Gasteiger partial charge on any atom is -0.488 e. The summed E-state index contributed by atoms with van der Waals surface area (Å²) >= 11 is 0. The summed E-state index contributed by atoms with van der Waals surface area (Å²) in [6.07, 6.45) is 0. The fourth-order valence-electron chi connectivity index (χ4n) is 2.48. The summed E-state index contributed by atoms with van der Waals surface area (Å²) in [6.45, 7) is 4.58. The first-order valence-electron chi connectivity index (χ1n) is 7.14. The van der Waals surface area contributed by atoms with Crippen LogP contribution in [0.5, 0.6) is 5.75 Å². The minimum absolute atomic E-state index is 0.295. The average molecular weight is 294 g/mol. The Hall–Kier alpha value is -2.75. The lowest BCUT2D eigenvalue weighted by Crippen LogP contribution is -1.99. The average Bonchev–Trinajstić information content (AvgIpc) is 2.93. The molecule has 22 heavy (non-hydrogen) atoms. The Balaban J connectivity index is 1.95. The maximum Gasteiger partial charge on any atom is 0.222 e. The number of hydrogen-bond acceptors (Lipinski definition) is 4. The van der Waals surface area contributed by atoms with E-state index in [0.29, 0.717) is 18.2 Å². The fourth-order valence-corrected chi connectivity index (χ4v) is 2.48. The molecule has 3 rings (SSSR count). The highest BCUT2D eigenvalue weighted by molar-refractivity contribution is 5.71. The molecule has 0 aliphatic heterocycles. The molecule has 0 saturated carbocycles. The Labute approximate surface area is 129 Å². The minimum atomic E-state index is 0.295. The number of aryl methyl sites for hydroxylation is 2. The molecule has 4 nitrogen and oxygen atoms in total. The lowest BCUT2D eigenvalue weighted by molar-refractivity contribution is 0.305. The molecule has 0 atom stereocenters. The van der Waals surface area contributed by atoms with Crippen LogP contribution in [0.3, 0.4) is 0 Å². The van der Waals surface area contributed by atoms with E-state index in [1.165, 1.54) is 0 Å². The largest absolute Gasteiger partial charge is 0.488 e. The van der Waals surface area contributed by atoms with Crippen LogP contribution in [-0.2, 0) is 6.61 Å². The van der Waals surface area contributed by atoms with E-state index in [4.69, 9.17) is 15.0 Å². The predicted octanol–water partition coefficient (Wildman–Crippen LogP) is 4.12. The second-order valence-electron chi connectivity index (χ2n) is 5.35. The smallest absolute Gasteiger partial charge is 0.222 e. The monoisotopic (exact) mass is 294 g/mol. The van der Waals surface area contributed by atoms with Gasteiger partial charge in [0.1, 0.15) is 18.1 Å². The second kappa shape index (κ2) is 5.93. The SMILES string of the molecule is Cc1cc(C)c(OCc2ccccc2)c(-c2cc(N)on2)c1. The van der Waals surface area contributed by atoms with Crippen molar-refractivity contribution in [2.45, 2.75) is 20.5 Å². The van der Waals surface area contributed by atoms with E-state index in [9.17, 15) is 0 Å². The van der Waals surface area contributed by atoms with Gasteiger partial charge in [0.2, 0.25) is 5.88 Å². The molecule has 0 saturated heterocycles. The van der Waals surface area contributed by atoms with Gasteiger partial charge in [-0.3, -0.25) is 0 Å². The van der Waals surface area contributed by atoms with Crippen LogP contribution in [0, 0.1) is 13.8 Å². The first kappa shape index (κ1) is 14.2. The van der Waals surface area contributed by atoms with Gasteiger partial charge in [-0.2, -0.15) is 0 Å². The zero-order chi connectivity index (χ0) is 15.5. The molecule has 0 spiro atoms. The summed E-state index contributed by atoms with van der Waals surface area (Å²) in [6, 6.07) is 15.9. The third-order valence-electron chi connectivity index (χ3n) is 3.45. The van der Waals surface area contributed by atoms with E-state index in [1.54, 1.807) is 6.07 Å². The van der Waals surface area contributed by atoms with Gasteiger partial charge in [0, 0.05) is 11.6 Å². The molecule has 0 amide bonds. The quantitative estimate of drug-likeness (QED) is 0.786. The topological polar surface area (TPSA) is 61.3 Å². The first-order chi connectivity index (χ1) is 10.6. The summed E-state index contributed by atoms with van der Waals surface area (Å²) in [5.74, 6) is 1.10. The highest BCUT2D eigenvalue weighted by Crippen LogP contribution is 2.34. The van der Waals surface area contributed by atoms with Crippen molar-refractivity contribution in [3.63, 3.8) is 0 Å². The van der Waals surface area contributed by atoms with Gasteiger partial charge in [0.05, 0.1) is 0 Å². The van der Waals surface area contributed by atoms with E-state index < -0.39 is 0 Å². The molecule has 0 bridgehead atoms. The number of nitrogens with two attached hydrogens (primary N) is 1. The van der Waals surface area contributed by atoms with Crippen LogP contribution in [0.2, 0.25) is 0 Å². The fraction of sp³-hybridized carbons (Fsp3) is 0.167. The van der Waals surface area contributed by atoms with Crippen LogP contribution in [0.15, 0.2) is 53.1 Å². The molecule has 0 unspecified atom stereocenters. The summed E-state index contributed by atoms with van der Waals surface area (Å²) in [4.78, 5) is 0. The van der Waals surface area contributed by atoms with Gasteiger partial charge in [-0.25, -0.2) is 0 Å². The zero-order valence-electron chi connectivity index (χ0n) is 12.7. The van der Waals surface area contributed by atoms with E-state index in [0.717, 1.165) is 28.0 Å². The Morgan fingerprint density at radius 1 is 1.09 bits per heavy atom. The predicted molar refractivity (Wildman–Crippen MR) is 86.6 cm³/mol. The van der Waals surface area contributed by atoms with Crippen molar-refractivity contribution in [3.8, 4) is 17.0 Å². The zero-order valence-corrected chi connectivity index (χ0v) is 12.7. The van der Waals surface area contributed by atoms with E-state index >= 15 is 0 Å². The number of nitrogen functional groups attached to an aromatic ring is 1. The van der Waals surface area contributed by atoms with Gasteiger partial charge >= 0.3 is 0 Å². The molecular weight excluding hydrogens is 276 g/mol. The van der Waals surface area contributed by atoms with Crippen LogP contribution >= 0.6 is 0 Å². The van der Waals surface area contributed by atoms with Gasteiger partial charge in [0.15, 0.2) is 0 Å². The molecule has 0 aliphatic rings. The summed E-state index contributed by atoms with van der Waals surface area (Å²) in [5.41, 5.74) is 10.5. The number of benzene rings is 2. The number of rotatable bonds is 4. The molecule has 112 valence electrons. The van der Waals surface area contributed by atoms with Crippen molar-refractivity contribution in [2.24, 2.45) is 0 Å². The number of hydrogen-bond donors (Lipinski definition) is 1. The molecule has 0 radical (unpaired) electrons. The Kier molecular flexibility index (Phi) is 3.83. The second-order valence-corrected chi connectivity index (χ2v) is 5.35. The molecule has 1 heterocycles.